The Morgan fingerprint density at radius 1 is 1.28 bits per heavy atom. The maximum atomic E-state index is 11.1. The number of carbonyl (C=O) groups is 1. The molecule has 0 saturated carbocycles. The predicted octanol–water partition coefficient (Wildman–Crippen LogP) is 3.88. The number of aromatic nitrogens is 1. The zero-order chi connectivity index (χ0) is 13.1. The number of ether oxygens (including phenoxy) is 1. The number of halogens is 2. The Hall–Kier alpha value is -1.78. The number of hydrogen-bond acceptors (Lipinski definition) is 3. The topological polar surface area (TPSA) is 59.4 Å². The van der Waals surface area contributed by atoms with Gasteiger partial charge in [-0.05, 0) is 30.3 Å². The first-order valence-electron chi connectivity index (χ1n) is 4.89. The monoisotopic (exact) mass is 283 g/mol. The van der Waals surface area contributed by atoms with E-state index in [4.69, 9.17) is 33.0 Å². The number of carboxylic acid groups (broad SMARTS) is 1. The fourth-order valence-corrected chi connectivity index (χ4v) is 1.64. The third kappa shape index (κ3) is 2.72. The van der Waals surface area contributed by atoms with Crippen LogP contribution in [-0.4, -0.2) is 16.1 Å². The van der Waals surface area contributed by atoms with Crippen LogP contribution in [0.2, 0.25) is 10.0 Å². The van der Waals surface area contributed by atoms with Crippen molar-refractivity contribution in [3.8, 4) is 11.6 Å². The van der Waals surface area contributed by atoms with Crippen LogP contribution in [0.3, 0.4) is 0 Å². The maximum Gasteiger partial charge on any atom is 0.339 e. The Balaban J connectivity index is 2.41. The molecule has 0 unspecified atom stereocenters. The van der Waals surface area contributed by atoms with Crippen LogP contribution in [0.25, 0.3) is 0 Å². The van der Waals surface area contributed by atoms with Crippen LogP contribution in [0.15, 0.2) is 36.5 Å². The zero-order valence-electron chi connectivity index (χ0n) is 8.93. The second kappa shape index (κ2) is 5.25. The molecule has 0 radical (unpaired) electrons. The van der Waals surface area contributed by atoms with Gasteiger partial charge in [0.1, 0.15) is 16.3 Å². The number of aromatic carboxylic acids is 1. The standard InChI is InChI=1S/C12H7Cl2NO3/c13-7-3-4-10(8(6-7)12(16)17)18-11-9(14)2-1-5-15-11/h1-6H,(H,16,17). The van der Waals surface area contributed by atoms with Crippen LogP contribution in [0, 0.1) is 0 Å². The molecule has 0 aliphatic heterocycles. The number of pyridine rings is 1. The van der Waals surface area contributed by atoms with Crippen molar-refractivity contribution in [3.05, 3.63) is 52.1 Å². The van der Waals surface area contributed by atoms with E-state index in [0.29, 0.717) is 10.0 Å². The molecule has 0 saturated heterocycles. The molecule has 1 aromatic heterocycles. The summed E-state index contributed by atoms with van der Waals surface area (Å²) in [5, 5.41) is 9.65. The minimum Gasteiger partial charge on any atom is -0.478 e. The second-order valence-corrected chi connectivity index (χ2v) is 4.18. The Bertz CT molecular complexity index is 602. The summed E-state index contributed by atoms with van der Waals surface area (Å²) >= 11 is 11.6. The van der Waals surface area contributed by atoms with Gasteiger partial charge in [0.25, 0.3) is 0 Å². The van der Waals surface area contributed by atoms with Gasteiger partial charge in [0.05, 0.1) is 0 Å². The van der Waals surface area contributed by atoms with Crippen LogP contribution in [0.1, 0.15) is 10.4 Å². The lowest BCUT2D eigenvalue weighted by molar-refractivity contribution is 0.0694. The van der Waals surface area contributed by atoms with Crippen molar-refractivity contribution in [3.63, 3.8) is 0 Å². The van der Waals surface area contributed by atoms with Gasteiger partial charge in [0.2, 0.25) is 5.88 Å². The van der Waals surface area contributed by atoms with Gasteiger partial charge < -0.3 is 9.84 Å². The molecule has 0 spiro atoms. The van der Waals surface area contributed by atoms with E-state index >= 15 is 0 Å². The van der Waals surface area contributed by atoms with Crippen molar-refractivity contribution in [1.82, 2.24) is 4.98 Å². The summed E-state index contributed by atoms with van der Waals surface area (Å²) in [4.78, 5) is 15.0. The summed E-state index contributed by atoms with van der Waals surface area (Å²) in [5.41, 5.74) is -0.0516. The molecule has 18 heavy (non-hydrogen) atoms. The molecule has 0 fully saturated rings. The lowest BCUT2D eigenvalue weighted by Crippen LogP contribution is -2.00. The molecule has 0 amide bonds. The molecule has 6 heteroatoms. The van der Waals surface area contributed by atoms with Crippen LogP contribution in [0.4, 0.5) is 0 Å². The average Bonchev–Trinajstić information content (AvgIpc) is 2.34. The highest BCUT2D eigenvalue weighted by atomic mass is 35.5. The SMILES string of the molecule is O=C(O)c1cc(Cl)ccc1Oc1ncccc1Cl. The predicted molar refractivity (Wildman–Crippen MR) is 67.7 cm³/mol. The molecule has 0 bridgehead atoms. The largest absolute Gasteiger partial charge is 0.478 e. The van der Waals surface area contributed by atoms with Crippen molar-refractivity contribution in [2.45, 2.75) is 0 Å². The van der Waals surface area contributed by atoms with Crippen LogP contribution >= 0.6 is 23.2 Å². The van der Waals surface area contributed by atoms with Crippen molar-refractivity contribution >= 4 is 29.2 Å². The molecule has 92 valence electrons. The van der Waals surface area contributed by atoms with Crippen molar-refractivity contribution in [1.29, 1.82) is 0 Å². The summed E-state index contributed by atoms with van der Waals surface area (Å²) in [6.07, 6.45) is 1.50. The van der Waals surface area contributed by atoms with E-state index in [-0.39, 0.29) is 17.2 Å². The second-order valence-electron chi connectivity index (χ2n) is 3.34. The normalized spacial score (nSPS) is 10.1. The van der Waals surface area contributed by atoms with E-state index in [1.165, 1.54) is 24.4 Å². The highest BCUT2D eigenvalue weighted by molar-refractivity contribution is 6.32. The first-order valence-corrected chi connectivity index (χ1v) is 5.65. The molecule has 0 aliphatic carbocycles. The Labute approximate surface area is 113 Å². The van der Waals surface area contributed by atoms with Gasteiger partial charge in [-0.2, -0.15) is 0 Å². The molecular weight excluding hydrogens is 277 g/mol. The lowest BCUT2D eigenvalue weighted by atomic mass is 10.2. The van der Waals surface area contributed by atoms with Gasteiger partial charge in [0.15, 0.2) is 0 Å². The molecule has 1 heterocycles. The summed E-state index contributed by atoms with van der Waals surface area (Å²) in [7, 11) is 0. The third-order valence-corrected chi connectivity index (χ3v) is 2.63. The molecule has 2 aromatic rings. The summed E-state index contributed by atoms with van der Waals surface area (Å²) in [5.74, 6) is -0.865. The fraction of sp³-hybridized carbons (Fsp3) is 0. The highest BCUT2D eigenvalue weighted by Crippen LogP contribution is 2.30. The first-order chi connectivity index (χ1) is 8.58. The number of nitrogens with zero attached hydrogens (tertiary/aromatic N) is 1. The van der Waals surface area contributed by atoms with Gasteiger partial charge in [-0.1, -0.05) is 23.2 Å². The smallest absolute Gasteiger partial charge is 0.339 e. The Kier molecular flexibility index (Phi) is 3.69. The minimum absolute atomic E-state index is 0.0516. The van der Waals surface area contributed by atoms with E-state index < -0.39 is 5.97 Å². The van der Waals surface area contributed by atoms with E-state index in [9.17, 15) is 4.79 Å². The molecule has 0 aliphatic rings. The summed E-state index contributed by atoms with van der Waals surface area (Å²) < 4.78 is 5.37. The van der Waals surface area contributed by atoms with Crippen LogP contribution in [0.5, 0.6) is 11.6 Å². The van der Waals surface area contributed by atoms with Gasteiger partial charge in [-0.25, -0.2) is 9.78 Å². The highest BCUT2D eigenvalue weighted by Gasteiger charge is 2.14. The number of hydrogen-bond donors (Lipinski definition) is 1. The third-order valence-electron chi connectivity index (χ3n) is 2.10. The molecular formula is C12H7Cl2NO3. The number of benzene rings is 1. The van der Waals surface area contributed by atoms with E-state index in [1.807, 2.05) is 0 Å². The summed E-state index contributed by atoms with van der Waals surface area (Å²) in [6, 6.07) is 7.53. The minimum atomic E-state index is -1.14. The molecule has 4 nitrogen and oxygen atoms in total. The van der Waals surface area contributed by atoms with Crippen LogP contribution < -0.4 is 4.74 Å². The van der Waals surface area contributed by atoms with Crippen LogP contribution in [-0.2, 0) is 0 Å². The van der Waals surface area contributed by atoms with E-state index in [0.717, 1.165) is 0 Å². The molecule has 1 N–H and O–H groups in total. The van der Waals surface area contributed by atoms with Gasteiger partial charge in [-0.15, -0.1) is 0 Å². The van der Waals surface area contributed by atoms with Crippen molar-refractivity contribution in [2.75, 3.05) is 0 Å². The van der Waals surface area contributed by atoms with Gasteiger partial charge >= 0.3 is 5.97 Å². The first kappa shape index (κ1) is 12.7. The average molecular weight is 284 g/mol. The van der Waals surface area contributed by atoms with Gasteiger partial charge in [-0.3, -0.25) is 0 Å². The zero-order valence-corrected chi connectivity index (χ0v) is 10.4. The molecule has 2 rings (SSSR count). The number of rotatable bonds is 3. The summed E-state index contributed by atoms with van der Waals surface area (Å²) in [6.45, 7) is 0. The van der Waals surface area contributed by atoms with E-state index in [2.05, 4.69) is 4.98 Å². The molecule has 1 aromatic carbocycles. The van der Waals surface area contributed by atoms with E-state index in [1.54, 1.807) is 12.1 Å². The van der Waals surface area contributed by atoms with Crippen molar-refractivity contribution < 1.29 is 14.6 Å². The maximum absolute atomic E-state index is 11.1. The molecule has 0 atom stereocenters. The Morgan fingerprint density at radius 2 is 2.06 bits per heavy atom. The number of carboxylic acids is 1. The fourth-order valence-electron chi connectivity index (χ4n) is 1.31. The Morgan fingerprint density at radius 3 is 2.72 bits per heavy atom. The van der Waals surface area contributed by atoms with Crippen molar-refractivity contribution in [2.24, 2.45) is 0 Å². The quantitative estimate of drug-likeness (QED) is 0.929. The van der Waals surface area contributed by atoms with Gasteiger partial charge in [0, 0.05) is 11.2 Å². The lowest BCUT2D eigenvalue weighted by Gasteiger charge is -2.08.